The molecule has 0 amide bonds. The number of aromatic hydroxyl groups is 1. The van der Waals surface area contributed by atoms with Crippen LogP contribution in [0.3, 0.4) is 0 Å². The lowest BCUT2D eigenvalue weighted by molar-refractivity contribution is 0.0324. The number of rotatable bonds is 2. The summed E-state index contributed by atoms with van der Waals surface area (Å²) in [7, 11) is 0. The number of phenolic OH excluding ortho intramolecular Hbond substituents is 1. The first kappa shape index (κ1) is 8.38. The van der Waals surface area contributed by atoms with E-state index in [0.717, 1.165) is 13.1 Å². The van der Waals surface area contributed by atoms with E-state index in [1.807, 2.05) is 13.0 Å². The summed E-state index contributed by atoms with van der Waals surface area (Å²) in [5.74, 6) is 0.766. The Morgan fingerprint density at radius 1 is 1.38 bits per heavy atom. The van der Waals surface area contributed by atoms with Crippen molar-refractivity contribution in [2.75, 3.05) is 13.1 Å². The maximum Gasteiger partial charge on any atom is 0.161 e. The molecule has 1 saturated heterocycles. The minimum Gasteiger partial charge on any atom is -0.504 e. The second kappa shape index (κ2) is 2.92. The van der Waals surface area contributed by atoms with E-state index in [2.05, 4.69) is 5.32 Å². The van der Waals surface area contributed by atoms with E-state index >= 15 is 0 Å². The van der Waals surface area contributed by atoms with E-state index in [4.69, 9.17) is 4.74 Å². The number of nitrogens with one attached hydrogen (secondary N) is 1. The lowest BCUT2D eigenvalue weighted by Crippen LogP contribution is -2.61. The molecule has 0 atom stereocenters. The second-order valence-electron chi connectivity index (χ2n) is 3.62. The van der Waals surface area contributed by atoms with Gasteiger partial charge in [0.05, 0.1) is 0 Å². The van der Waals surface area contributed by atoms with Crippen LogP contribution in [0.2, 0.25) is 0 Å². The van der Waals surface area contributed by atoms with Crippen molar-refractivity contribution in [3.63, 3.8) is 0 Å². The molecule has 70 valence electrons. The number of hydrogen-bond acceptors (Lipinski definition) is 3. The lowest BCUT2D eigenvalue weighted by atomic mass is 10.00. The van der Waals surface area contributed by atoms with Gasteiger partial charge in [-0.1, -0.05) is 12.1 Å². The Bertz CT molecular complexity index is 308. The molecule has 0 bridgehead atoms. The van der Waals surface area contributed by atoms with Gasteiger partial charge in [0.25, 0.3) is 0 Å². The molecular formula is C10H13NO2. The molecule has 2 rings (SSSR count). The summed E-state index contributed by atoms with van der Waals surface area (Å²) >= 11 is 0. The zero-order valence-electron chi connectivity index (χ0n) is 7.58. The van der Waals surface area contributed by atoms with Crippen LogP contribution < -0.4 is 10.1 Å². The Morgan fingerprint density at radius 3 is 2.62 bits per heavy atom. The fraction of sp³-hybridized carbons (Fsp3) is 0.400. The monoisotopic (exact) mass is 179 g/mol. The van der Waals surface area contributed by atoms with Crippen molar-refractivity contribution < 1.29 is 9.84 Å². The lowest BCUT2D eigenvalue weighted by Gasteiger charge is -2.39. The quantitative estimate of drug-likeness (QED) is 0.715. The van der Waals surface area contributed by atoms with Gasteiger partial charge in [-0.25, -0.2) is 0 Å². The molecule has 0 aliphatic carbocycles. The van der Waals surface area contributed by atoms with Gasteiger partial charge in [0, 0.05) is 13.1 Å². The minimum absolute atomic E-state index is 0.154. The fourth-order valence-electron chi connectivity index (χ4n) is 1.36. The Morgan fingerprint density at radius 2 is 2.08 bits per heavy atom. The maximum absolute atomic E-state index is 9.45. The molecule has 1 aliphatic rings. The Hall–Kier alpha value is -1.22. The largest absolute Gasteiger partial charge is 0.504 e. The first-order valence-corrected chi connectivity index (χ1v) is 4.37. The van der Waals surface area contributed by atoms with Gasteiger partial charge in [-0.2, -0.15) is 0 Å². The van der Waals surface area contributed by atoms with Crippen LogP contribution in [0.25, 0.3) is 0 Å². The van der Waals surface area contributed by atoms with E-state index in [9.17, 15) is 5.11 Å². The summed E-state index contributed by atoms with van der Waals surface area (Å²) in [4.78, 5) is 0. The van der Waals surface area contributed by atoms with Crippen LogP contribution in [0.15, 0.2) is 24.3 Å². The number of phenols is 1. The molecule has 1 fully saturated rings. The molecule has 3 nitrogen and oxygen atoms in total. The predicted molar refractivity (Wildman–Crippen MR) is 50.0 cm³/mol. The van der Waals surface area contributed by atoms with Crippen LogP contribution in [-0.2, 0) is 0 Å². The van der Waals surface area contributed by atoms with E-state index in [0.29, 0.717) is 5.75 Å². The first-order valence-electron chi connectivity index (χ1n) is 4.37. The van der Waals surface area contributed by atoms with Crippen LogP contribution in [0.4, 0.5) is 0 Å². The molecule has 13 heavy (non-hydrogen) atoms. The second-order valence-corrected chi connectivity index (χ2v) is 3.62. The highest BCUT2D eigenvalue weighted by Gasteiger charge is 2.34. The summed E-state index contributed by atoms with van der Waals surface area (Å²) in [6.07, 6.45) is 0. The molecule has 1 aromatic rings. The van der Waals surface area contributed by atoms with Gasteiger partial charge < -0.3 is 15.2 Å². The average molecular weight is 179 g/mol. The molecule has 3 heteroatoms. The van der Waals surface area contributed by atoms with Gasteiger partial charge in [-0.3, -0.25) is 0 Å². The van der Waals surface area contributed by atoms with E-state index in [1.165, 1.54) is 0 Å². The SMILES string of the molecule is CC1(Oc2ccccc2O)CNC1. The van der Waals surface area contributed by atoms with Crippen LogP contribution in [0.5, 0.6) is 11.5 Å². The van der Waals surface area contributed by atoms with Crippen molar-refractivity contribution in [1.82, 2.24) is 5.32 Å². The highest BCUT2D eigenvalue weighted by atomic mass is 16.5. The van der Waals surface area contributed by atoms with E-state index < -0.39 is 0 Å². The normalized spacial score (nSPS) is 19.2. The third-order valence-electron chi connectivity index (χ3n) is 2.22. The van der Waals surface area contributed by atoms with Gasteiger partial charge in [-0.15, -0.1) is 0 Å². The van der Waals surface area contributed by atoms with Gasteiger partial charge in [0.1, 0.15) is 5.60 Å². The first-order chi connectivity index (χ1) is 6.20. The van der Waals surface area contributed by atoms with Crippen molar-refractivity contribution in [1.29, 1.82) is 0 Å². The standard InChI is InChI=1S/C10H13NO2/c1-10(6-11-7-10)13-9-5-3-2-4-8(9)12/h2-5,11-12H,6-7H2,1H3. The molecule has 1 heterocycles. The Kier molecular flexibility index (Phi) is 1.88. The number of benzene rings is 1. The van der Waals surface area contributed by atoms with Crippen molar-refractivity contribution >= 4 is 0 Å². The average Bonchev–Trinajstić information content (AvgIpc) is 2.06. The summed E-state index contributed by atoms with van der Waals surface area (Å²) in [5, 5.41) is 12.6. The van der Waals surface area contributed by atoms with Crippen molar-refractivity contribution in [2.45, 2.75) is 12.5 Å². The van der Waals surface area contributed by atoms with E-state index in [1.54, 1.807) is 18.2 Å². The third-order valence-corrected chi connectivity index (χ3v) is 2.22. The van der Waals surface area contributed by atoms with Crippen molar-refractivity contribution in [2.24, 2.45) is 0 Å². The highest BCUT2D eigenvalue weighted by Crippen LogP contribution is 2.29. The predicted octanol–water partition coefficient (Wildman–Crippen LogP) is 1.13. The number of ether oxygens (including phenoxy) is 1. The van der Waals surface area contributed by atoms with Gasteiger partial charge in [0.15, 0.2) is 11.5 Å². The third kappa shape index (κ3) is 1.60. The number of para-hydroxylation sites is 2. The van der Waals surface area contributed by atoms with Crippen molar-refractivity contribution in [3.8, 4) is 11.5 Å². The Balaban J connectivity index is 2.13. The number of hydrogen-bond donors (Lipinski definition) is 2. The molecule has 0 radical (unpaired) electrons. The molecule has 0 unspecified atom stereocenters. The molecule has 2 N–H and O–H groups in total. The Labute approximate surface area is 77.3 Å². The fourth-order valence-corrected chi connectivity index (χ4v) is 1.36. The van der Waals surface area contributed by atoms with E-state index in [-0.39, 0.29) is 11.4 Å². The molecule has 0 saturated carbocycles. The van der Waals surface area contributed by atoms with Crippen LogP contribution in [0, 0.1) is 0 Å². The maximum atomic E-state index is 9.45. The van der Waals surface area contributed by atoms with Gasteiger partial charge in [-0.05, 0) is 19.1 Å². The summed E-state index contributed by atoms with van der Waals surface area (Å²) < 4.78 is 5.66. The van der Waals surface area contributed by atoms with Crippen LogP contribution in [-0.4, -0.2) is 23.8 Å². The highest BCUT2D eigenvalue weighted by molar-refractivity contribution is 5.38. The summed E-state index contributed by atoms with van der Waals surface area (Å²) in [5.41, 5.74) is -0.154. The zero-order valence-corrected chi connectivity index (χ0v) is 7.58. The molecule has 0 spiro atoms. The van der Waals surface area contributed by atoms with Crippen molar-refractivity contribution in [3.05, 3.63) is 24.3 Å². The van der Waals surface area contributed by atoms with Gasteiger partial charge >= 0.3 is 0 Å². The minimum atomic E-state index is -0.154. The molecular weight excluding hydrogens is 166 g/mol. The van der Waals surface area contributed by atoms with Crippen LogP contribution >= 0.6 is 0 Å². The summed E-state index contributed by atoms with van der Waals surface area (Å²) in [6, 6.07) is 7.04. The smallest absolute Gasteiger partial charge is 0.161 e. The molecule has 1 aliphatic heterocycles. The summed E-state index contributed by atoms with van der Waals surface area (Å²) in [6.45, 7) is 3.69. The molecule has 0 aromatic heterocycles. The topological polar surface area (TPSA) is 41.5 Å². The molecule has 1 aromatic carbocycles. The zero-order chi connectivity index (χ0) is 9.31. The van der Waals surface area contributed by atoms with Crippen LogP contribution in [0.1, 0.15) is 6.92 Å². The van der Waals surface area contributed by atoms with Gasteiger partial charge in [0.2, 0.25) is 0 Å².